The van der Waals surface area contributed by atoms with E-state index in [1.165, 1.54) is 0 Å². The van der Waals surface area contributed by atoms with Gasteiger partial charge in [-0.1, -0.05) is 5.21 Å². The van der Waals surface area contributed by atoms with E-state index < -0.39 is 0 Å². The Kier molecular flexibility index (Phi) is 1.92. The summed E-state index contributed by atoms with van der Waals surface area (Å²) in [6, 6.07) is 6.17. The molecule has 0 aliphatic heterocycles. The molecule has 0 radical (unpaired) electrons. The highest BCUT2D eigenvalue weighted by Gasteiger charge is 2.06. The first-order chi connectivity index (χ1) is 8.90. The summed E-state index contributed by atoms with van der Waals surface area (Å²) in [5.74, 6) is 0. The lowest BCUT2D eigenvalue weighted by Crippen LogP contribution is -1.87. The Morgan fingerprint density at radius 2 is 2.17 bits per heavy atom. The molecule has 6 heteroatoms. The van der Waals surface area contributed by atoms with Gasteiger partial charge in [-0.05, 0) is 18.2 Å². The molecule has 0 fully saturated rings. The van der Waals surface area contributed by atoms with Crippen molar-refractivity contribution in [3.8, 4) is 10.4 Å². The van der Waals surface area contributed by atoms with Crippen LogP contribution >= 0.6 is 11.3 Å². The van der Waals surface area contributed by atoms with Crippen molar-refractivity contribution in [3.63, 3.8) is 0 Å². The molecule has 4 aromatic heterocycles. The number of nitrogens with zero attached hydrogens (tertiary/aromatic N) is 5. The van der Waals surface area contributed by atoms with E-state index in [0.29, 0.717) is 0 Å². The normalized spacial score (nSPS) is 11.3. The van der Waals surface area contributed by atoms with E-state index in [2.05, 4.69) is 32.4 Å². The van der Waals surface area contributed by atoms with Gasteiger partial charge in [0.25, 0.3) is 0 Å². The second kappa shape index (κ2) is 3.58. The maximum Gasteiger partial charge on any atom is 0.127 e. The minimum atomic E-state index is 0.986. The lowest BCUT2D eigenvalue weighted by molar-refractivity contribution is 0.857. The Labute approximate surface area is 106 Å². The quantitative estimate of drug-likeness (QED) is 0.522. The van der Waals surface area contributed by atoms with Crippen molar-refractivity contribution in [3.05, 3.63) is 43.1 Å². The van der Waals surface area contributed by atoms with Gasteiger partial charge in [-0.2, -0.15) is 0 Å². The van der Waals surface area contributed by atoms with Crippen LogP contribution in [-0.4, -0.2) is 24.8 Å². The molecule has 4 aromatic rings. The number of pyridine rings is 1. The molecule has 0 unspecified atom stereocenters. The van der Waals surface area contributed by atoms with Crippen molar-refractivity contribution in [2.75, 3.05) is 0 Å². The molecule has 0 N–H and O–H groups in total. The van der Waals surface area contributed by atoms with Crippen molar-refractivity contribution < 1.29 is 0 Å². The zero-order valence-electron chi connectivity index (χ0n) is 9.19. The minimum absolute atomic E-state index is 0.986. The Balaban J connectivity index is 1.94. The fourth-order valence-corrected chi connectivity index (χ4v) is 2.86. The van der Waals surface area contributed by atoms with Crippen molar-refractivity contribution in [1.29, 1.82) is 0 Å². The largest absolute Gasteiger partial charge is 0.244 e. The number of hydrogen-bond donors (Lipinski definition) is 0. The summed E-state index contributed by atoms with van der Waals surface area (Å²) in [4.78, 5) is 10.4. The molecule has 4 heterocycles. The minimum Gasteiger partial charge on any atom is -0.244 e. The van der Waals surface area contributed by atoms with Gasteiger partial charge >= 0.3 is 0 Å². The number of rotatable bonds is 1. The van der Waals surface area contributed by atoms with Crippen LogP contribution in [-0.2, 0) is 0 Å². The third kappa shape index (κ3) is 1.39. The van der Waals surface area contributed by atoms with Crippen LogP contribution in [0.4, 0.5) is 0 Å². The molecule has 0 bridgehead atoms. The molecule has 0 atom stereocenters. The maximum atomic E-state index is 4.25. The van der Waals surface area contributed by atoms with E-state index in [0.717, 1.165) is 26.2 Å². The van der Waals surface area contributed by atoms with Gasteiger partial charge in [0.05, 0.1) is 11.7 Å². The molecule has 18 heavy (non-hydrogen) atoms. The lowest BCUT2D eigenvalue weighted by atomic mass is 10.2. The summed E-state index contributed by atoms with van der Waals surface area (Å²) < 4.78 is 1.77. The van der Waals surface area contributed by atoms with Gasteiger partial charge in [0.1, 0.15) is 11.2 Å². The Bertz CT molecular complexity index is 815. The summed E-state index contributed by atoms with van der Waals surface area (Å²) >= 11 is 1.65. The molecule has 0 aromatic carbocycles. The van der Waals surface area contributed by atoms with Crippen LogP contribution in [0.3, 0.4) is 0 Å². The van der Waals surface area contributed by atoms with Crippen LogP contribution in [0, 0.1) is 0 Å². The summed E-state index contributed by atoms with van der Waals surface area (Å²) in [5.41, 5.74) is 2.09. The summed E-state index contributed by atoms with van der Waals surface area (Å²) in [6.07, 6.45) is 7.11. The fraction of sp³-hybridized carbons (Fsp3) is 0. The molecule has 0 aliphatic rings. The lowest BCUT2D eigenvalue weighted by Gasteiger charge is -1.97. The molecule has 0 saturated heterocycles. The van der Waals surface area contributed by atoms with E-state index in [9.17, 15) is 0 Å². The van der Waals surface area contributed by atoms with Crippen molar-refractivity contribution >= 4 is 27.1 Å². The van der Waals surface area contributed by atoms with Gasteiger partial charge in [0, 0.05) is 28.2 Å². The van der Waals surface area contributed by atoms with Crippen molar-refractivity contribution in [1.82, 2.24) is 24.8 Å². The standard InChI is InChI=1S/C12H7N5S/c1-2-10-5-15-16-17(10)6-8(1)11-3-9-4-13-7-14-12(9)18-11/h1-7H. The number of hydrogen-bond acceptors (Lipinski definition) is 5. The second-order valence-electron chi connectivity index (χ2n) is 3.92. The molecule has 5 nitrogen and oxygen atoms in total. The van der Waals surface area contributed by atoms with E-state index in [-0.39, 0.29) is 0 Å². The third-order valence-corrected chi connectivity index (χ3v) is 3.89. The number of fused-ring (bicyclic) bond motifs is 2. The number of aromatic nitrogens is 5. The molecular weight excluding hydrogens is 246 g/mol. The van der Waals surface area contributed by atoms with Crippen LogP contribution < -0.4 is 0 Å². The van der Waals surface area contributed by atoms with Crippen molar-refractivity contribution in [2.24, 2.45) is 0 Å². The monoisotopic (exact) mass is 253 g/mol. The predicted octanol–water partition coefficient (Wildman–Crippen LogP) is 2.40. The zero-order valence-corrected chi connectivity index (χ0v) is 10.0. The highest BCUT2D eigenvalue weighted by atomic mass is 32.1. The number of thiophene rings is 1. The van der Waals surface area contributed by atoms with Crippen LogP contribution in [0.1, 0.15) is 0 Å². The van der Waals surface area contributed by atoms with Crippen molar-refractivity contribution in [2.45, 2.75) is 0 Å². The highest BCUT2D eigenvalue weighted by Crippen LogP contribution is 2.31. The smallest absolute Gasteiger partial charge is 0.127 e. The first kappa shape index (κ1) is 9.67. The Morgan fingerprint density at radius 3 is 3.11 bits per heavy atom. The molecule has 0 saturated carbocycles. The van der Waals surface area contributed by atoms with Gasteiger partial charge in [0.2, 0.25) is 0 Å². The van der Waals surface area contributed by atoms with E-state index >= 15 is 0 Å². The Hall–Kier alpha value is -2.34. The van der Waals surface area contributed by atoms with Gasteiger partial charge in [-0.3, -0.25) is 0 Å². The molecule has 0 spiro atoms. The van der Waals surface area contributed by atoms with E-state index in [1.807, 2.05) is 18.5 Å². The second-order valence-corrected chi connectivity index (χ2v) is 4.95. The van der Waals surface area contributed by atoms with E-state index in [1.54, 1.807) is 28.4 Å². The first-order valence-electron chi connectivity index (χ1n) is 5.40. The maximum absolute atomic E-state index is 4.25. The van der Waals surface area contributed by atoms with E-state index in [4.69, 9.17) is 0 Å². The average molecular weight is 253 g/mol. The van der Waals surface area contributed by atoms with Crippen LogP contribution in [0.15, 0.2) is 43.1 Å². The van der Waals surface area contributed by atoms with Gasteiger partial charge in [-0.15, -0.1) is 16.4 Å². The third-order valence-electron chi connectivity index (χ3n) is 2.78. The summed E-state index contributed by atoms with van der Waals surface area (Å²) in [6.45, 7) is 0. The highest BCUT2D eigenvalue weighted by molar-refractivity contribution is 7.21. The first-order valence-corrected chi connectivity index (χ1v) is 6.22. The molecule has 4 rings (SSSR count). The molecule has 86 valence electrons. The molecular formula is C12H7N5S. The Morgan fingerprint density at radius 1 is 1.17 bits per heavy atom. The fourth-order valence-electron chi connectivity index (χ4n) is 1.90. The van der Waals surface area contributed by atoms with Crippen LogP contribution in [0.2, 0.25) is 0 Å². The van der Waals surface area contributed by atoms with Gasteiger partial charge < -0.3 is 0 Å². The molecule has 0 amide bonds. The van der Waals surface area contributed by atoms with Gasteiger partial charge in [-0.25, -0.2) is 14.5 Å². The zero-order chi connectivity index (χ0) is 11.9. The predicted molar refractivity (Wildman–Crippen MR) is 69.4 cm³/mol. The van der Waals surface area contributed by atoms with Crippen LogP contribution in [0.5, 0.6) is 0 Å². The topological polar surface area (TPSA) is 56.0 Å². The van der Waals surface area contributed by atoms with Crippen LogP contribution in [0.25, 0.3) is 26.2 Å². The summed E-state index contributed by atoms with van der Waals surface area (Å²) in [5, 5.41) is 8.94. The summed E-state index contributed by atoms with van der Waals surface area (Å²) in [7, 11) is 0. The average Bonchev–Trinajstić information content (AvgIpc) is 3.04. The SMILES string of the molecule is c1ncc2cc(-c3ccc4cnnn4c3)sc2n1. The van der Waals surface area contributed by atoms with Gasteiger partial charge in [0.15, 0.2) is 0 Å². The molecule has 0 aliphatic carbocycles.